The second-order valence-corrected chi connectivity index (χ2v) is 6.10. The molecule has 0 saturated heterocycles. The van der Waals surface area contributed by atoms with Gasteiger partial charge in [0.05, 0.1) is 16.7 Å². The molecule has 0 atom stereocenters. The fourth-order valence-electron chi connectivity index (χ4n) is 3.31. The Kier molecular flexibility index (Phi) is 3.05. The number of imidazole rings is 1. The van der Waals surface area contributed by atoms with E-state index in [0.29, 0.717) is 0 Å². The molecule has 0 N–H and O–H groups in total. The number of pyridine rings is 2. The maximum atomic E-state index is 4.96. The SMILES string of the molecule is B/C(=C/C)c1nc2c3cc(B)cnc3c3ccccc3n2c1C. The lowest BCUT2D eigenvalue weighted by Gasteiger charge is -2.09. The van der Waals surface area contributed by atoms with E-state index in [2.05, 4.69) is 70.3 Å². The quantitative estimate of drug-likeness (QED) is 0.394. The Morgan fingerprint density at radius 1 is 1.22 bits per heavy atom. The lowest BCUT2D eigenvalue weighted by atomic mass is 9.91. The lowest BCUT2D eigenvalue weighted by Crippen LogP contribution is -2.04. The first kappa shape index (κ1) is 14.1. The van der Waals surface area contributed by atoms with Gasteiger partial charge < -0.3 is 0 Å². The van der Waals surface area contributed by atoms with Crippen LogP contribution in [-0.4, -0.2) is 30.1 Å². The maximum absolute atomic E-state index is 4.96. The van der Waals surface area contributed by atoms with Crippen molar-refractivity contribution in [3.05, 3.63) is 54.0 Å². The Morgan fingerprint density at radius 3 is 2.78 bits per heavy atom. The van der Waals surface area contributed by atoms with Crippen LogP contribution < -0.4 is 5.46 Å². The van der Waals surface area contributed by atoms with Crippen LogP contribution in [0.2, 0.25) is 0 Å². The van der Waals surface area contributed by atoms with Crippen LogP contribution in [0.5, 0.6) is 0 Å². The summed E-state index contributed by atoms with van der Waals surface area (Å²) in [6.07, 6.45) is 4.04. The zero-order valence-electron chi connectivity index (χ0n) is 13.9. The minimum absolute atomic E-state index is 0.989. The Balaban J connectivity index is 2.34. The Bertz CT molecular complexity index is 1110. The van der Waals surface area contributed by atoms with E-state index in [1.54, 1.807) is 0 Å². The van der Waals surface area contributed by atoms with Crippen molar-refractivity contribution in [1.29, 1.82) is 0 Å². The van der Waals surface area contributed by atoms with Gasteiger partial charge in [0, 0.05) is 22.7 Å². The van der Waals surface area contributed by atoms with Gasteiger partial charge >= 0.3 is 0 Å². The van der Waals surface area contributed by atoms with Crippen molar-refractivity contribution in [3.8, 4) is 0 Å². The zero-order chi connectivity index (χ0) is 16.1. The fourth-order valence-corrected chi connectivity index (χ4v) is 3.31. The van der Waals surface area contributed by atoms with Crippen LogP contribution in [0.1, 0.15) is 18.3 Å². The summed E-state index contributed by atoms with van der Waals surface area (Å²) < 4.78 is 2.26. The van der Waals surface area contributed by atoms with Crippen molar-refractivity contribution in [2.75, 3.05) is 0 Å². The van der Waals surface area contributed by atoms with Crippen molar-refractivity contribution in [1.82, 2.24) is 14.4 Å². The maximum Gasteiger partial charge on any atom is 0.147 e. The average Bonchev–Trinajstić information content (AvgIpc) is 2.92. The summed E-state index contributed by atoms with van der Waals surface area (Å²) in [4.78, 5) is 9.65. The summed E-state index contributed by atoms with van der Waals surface area (Å²) in [5, 5.41) is 2.28. The largest absolute Gasteiger partial charge is 0.296 e. The van der Waals surface area contributed by atoms with Crippen molar-refractivity contribution in [2.45, 2.75) is 13.8 Å². The van der Waals surface area contributed by atoms with Gasteiger partial charge in [0.15, 0.2) is 0 Å². The van der Waals surface area contributed by atoms with E-state index in [0.717, 1.165) is 33.2 Å². The molecule has 0 radical (unpaired) electrons. The van der Waals surface area contributed by atoms with E-state index >= 15 is 0 Å². The van der Waals surface area contributed by atoms with Crippen LogP contribution in [0.4, 0.5) is 0 Å². The van der Waals surface area contributed by atoms with Crippen molar-refractivity contribution in [3.63, 3.8) is 0 Å². The lowest BCUT2D eigenvalue weighted by molar-refractivity contribution is 1.16. The molecular formula is C18H17B2N3. The molecule has 0 aliphatic heterocycles. The van der Waals surface area contributed by atoms with Gasteiger partial charge in [-0.25, -0.2) is 4.98 Å². The van der Waals surface area contributed by atoms with Gasteiger partial charge in [-0.3, -0.25) is 9.38 Å². The standard InChI is InChI=1S/C18H17B2N3/c1-3-14(20)16-10(2)23-15-7-5-4-6-12(15)17-13(18(23)22-16)8-11(19)9-21-17/h3-9H,19-20H2,1-2H3/b14-3+. The number of hydrogen-bond acceptors (Lipinski definition) is 2. The Labute approximate surface area is 136 Å². The van der Waals surface area contributed by atoms with Crippen LogP contribution in [0, 0.1) is 6.92 Å². The highest BCUT2D eigenvalue weighted by Crippen LogP contribution is 2.30. The molecular weight excluding hydrogens is 280 g/mol. The molecule has 23 heavy (non-hydrogen) atoms. The van der Waals surface area contributed by atoms with Crippen molar-refractivity contribution >= 4 is 54.1 Å². The molecule has 4 aromatic rings. The third-order valence-corrected chi connectivity index (χ3v) is 4.58. The first-order valence-corrected chi connectivity index (χ1v) is 7.91. The van der Waals surface area contributed by atoms with E-state index in [4.69, 9.17) is 9.97 Å². The van der Waals surface area contributed by atoms with Gasteiger partial charge in [0.2, 0.25) is 0 Å². The monoisotopic (exact) mass is 297 g/mol. The minimum atomic E-state index is 0.989. The number of hydrogen-bond donors (Lipinski definition) is 0. The van der Waals surface area contributed by atoms with Crippen LogP contribution in [-0.2, 0) is 0 Å². The normalized spacial score (nSPS) is 12.5. The molecule has 0 bridgehead atoms. The predicted octanol–water partition coefficient (Wildman–Crippen LogP) is 1.60. The molecule has 0 aliphatic carbocycles. The molecule has 0 fully saturated rings. The number of para-hydroxylation sites is 1. The number of fused-ring (bicyclic) bond motifs is 6. The minimum Gasteiger partial charge on any atom is -0.296 e. The molecule has 4 rings (SSSR count). The first-order chi connectivity index (χ1) is 11.1. The van der Waals surface area contributed by atoms with Gasteiger partial charge in [-0.1, -0.05) is 41.3 Å². The molecule has 0 amide bonds. The number of benzene rings is 1. The Morgan fingerprint density at radius 2 is 2.00 bits per heavy atom. The molecule has 1 aromatic carbocycles. The number of allylic oxidation sites excluding steroid dienone is 1. The molecule has 0 aliphatic rings. The number of aromatic nitrogens is 3. The van der Waals surface area contributed by atoms with E-state index in [-0.39, 0.29) is 0 Å². The average molecular weight is 297 g/mol. The number of aryl methyl sites for hydroxylation is 1. The molecule has 110 valence electrons. The highest BCUT2D eigenvalue weighted by molar-refractivity contribution is 6.42. The van der Waals surface area contributed by atoms with E-state index in [1.165, 1.54) is 16.6 Å². The molecule has 0 unspecified atom stereocenters. The zero-order valence-corrected chi connectivity index (χ0v) is 13.9. The van der Waals surface area contributed by atoms with E-state index < -0.39 is 0 Å². The molecule has 3 heterocycles. The third-order valence-electron chi connectivity index (χ3n) is 4.58. The highest BCUT2D eigenvalue weighted by Gasteiger charge is 2.16. The molecule has 3 nitrogen and oxygen atoms in total. The van der Waals surface area contributed by atoms with Gasteiger partial charge in [-0.2, -0.15) is 0 Å². The van der Waals surface area contributed by atoms with Crippen LogP contribution in [0.25, 0.3) is 32.9 Å². The summed E-state index contributed by atoms with van der Waals surface area (Å²) >= 11 is 0. The topological polar surface area (TPSA) is 30.2 Å². The van der Waals surface area contributed by atoms with Gasteiger partial charge in [-0.15, -0.1) is 0 Å². The predicted molar refractivity (Wildman–Crippen MR) is 103 cm³/mol. The number of rotatable bonds is 1. The summed E-state index contributed by atoms with van der Waals surface area (Å²) in [7, 11) is 4.19. The Hall–Kier alpha value is -2.55. The van der Waals surface area contributed by atoms with Gasteiger partial charge in [-0.05, 0) is 19.9 Å². The molecule has 0 spiro atoms. The van der Waals surface area contributed by atoms with Crippen LogP contribution in [0.3, 0.4) is 0 Å². The van der Waals surface area contributed by atoms with Crippen molar-refractivity contribution < 1.29 is 0 Å². The fraction of sp³-hybridized carbons (Fsp3) is 0.111. The van der Waals surface area contributed by atoms with E-state index in [1.807, 2.05) is 6.20 Å². The summed E-state index contributed by atoms with van der Waals surface area (Å²) in [6.45, 7) is 4.20. The third kappa shape index (κ3) is 1.93. The first-order valence-electron chi connectivity index (χ1n) is 7.91. The number of nitrogens with zero attached hydrogens (tertiary/aromatic N) is 3. The van der Waals surface area contributed by atoms with E-state index in [9.17, 15) is 0 Å². The second kappa shape index (κ2) is 4.98. The summed E-state index contributed by atoms with van der Waals surface area (Å²) in [5.41, 5.74) is 7.76. The van der Waals surface area contributed by atoms with Crippen LogP contribution >= 0.6 is 0 Å². The van der Waals surface area contributed by atoms with Gasteiger partial charge in [0.25, 0.3) is 0 Å². The summed E-state index contributed by atoms with van der Waals surface area (Å²) in [5.74, 6) is 0. The second-order valence-electron chi connectivity index (χ2n) is 6.10. The van der Waals surface area contributed by atoms with Crippen molar-refractivity contribution in [2.24, 2.45) is 0 Å². The van der Waals surface area contributed by atoms with Crippen LogP contribution in [0.15, 0.2) is 42.6 Å². The summed E-state index contributed by atoms with van der Waals surface area (Å²) in [6, 6.07) is 10.6. The molecule has 3 aromatic heterocycles. The smallest absolute Gasteiger partial charge is 0.147 e. The van der Waals surface area contributed by atoms with Gasteiger partial charge in [0.1, 0.15) is 21.3 Å². The molecule has 5 heteroatoms. The molecule has 0 saturated carbocycles. The highest BCUT2D eigenvalue weighted by atomic mass is 15.0.